The number of nitrogens with one attached hydrogen (secondary N) is 2. The summed E-state index contributed by atoms with van der Waals surface area (Å²) in [6.45, 7) is -1.60. The Hall–Kier alpha value is -2.32. The summed E-state index contributed by atoms with van der Waals surface area (Å²) in [5.74, 6) is -2.10. The minimum Gasteiger partial charge on any atom is -0.481 e. The Bertz CT molecular complexity index is 619. The average molecular weight is 348 g/mol. The first kappa shape index (κ1) is 18.0. The molecule has 132 valence electrons. The zero-order chi connectivity index (χ0) is 17.7. The van der Waals surface area contributed by atoms with E-state index >= 15 is 0 Å². The van der Waals surface area contributed by atoms with Crippen molar-refractivity contribution in [3.8, 4) is 5.75 Å². The molecule has 0 saturated carbocycles. The number of carbonyl (C=O) groups excluding carboxylic acids is 2. The van der Waals surface area contributed by atoms with Gasteiger partial charge in [-0.25, -0.2) is 4.39 Å². The topological polar surface area (TPSA) is 67.4 Å². The maximum atomic E-state index is 13.7. The van der Waals surface area contributed by atoms with E-state index in [1.807, 2.05) is 0 Å². The van der Waals surface area contributed by atoms with Crippen molar-refractivity contribution in [2.45, 2.75) is 37.9 Å². The number of anilines is 1. The number of rotatable bonds is 5. The Morgan fingerprint density at radius 3 is 2.75 bits per heavy atom. The van der Waals surface area contributed by atoms with E-state index in [9.17, 15) is 27.2 Å². The van der Waals surface area contributed by atoms with Crippen LogP contribution in [0.1, 0.15) is 25.7 Å². The molecule has 1 aliphatic heterocycles. The Morgan fingerprint density at radius 2 is 2.12 bits per heavy atom. The molecule has 0 radical (unpaired) electrons. The summed E-state index contributed by atoms with van der Waals surface area (Å²) in [4.78, 5) is 23.1. The first-order chi connectivity index (χ1) is 11.2. The van der Waals surface area contributed by atoms with Crippen LogP contribution >= 0.6 is 0 Å². The van der Waals surface area contributed by atoms with Crippen LogP contribution in [0.25, 0.3) is 0 Å². The van der Waals surface area contributed by atoms with Crippen LogP contribution in [-0.2, 0) is 9.59 Å². The van der Waals surface area contributed by atoms with E-state index in [-0.39, 0.29) is 24.1 Å². The van der Waals surface area contributed by atoms with E-state index in [1.54, 1.807) is 0 Å². The summed E-state index contributed by atoms with van der Waals surface area (Å²) >= 11 is 0. The summed E-state index contributed by atoms with van der Waals surface area (Å²) in [6, 6.07) is 2.86. The maximum absolute atomic E-state index is 13.7. The van der Waals surface area contributed by atoms with Crippen LogP contribution in [0.2, 0.25) is 0 Å². The molecule has 0 bridgehead atoms. The van der Waals surface area contributed by atoms with Crippen LogP contribution in [0.5, 0.6) is 5.75 Å². The predicted molar refractivity (Wildman–Crippen MR) is 77.0 cm³/mol. The molecule has 1 aromatic rings. The molecule has 1 aliphatic rings. The van der Waals surface area contributed by atoms with Crippen molar-refractivity contribution in [3.05, 3.63) is 24.0 Å². The number of hydrogen-bond donors (Lipinski definition) is 2. The van der Waals surface area contributed by atoms with Crippen molar-refractivity contribution in [2.24, 2.45) is 0 Å². The molecule has 0 spiro atoms. The van der Waals surface area contributed by atoms with Crippen molar-refractivity contribution >= 4 is 17.5 Å². The van der Waals surface area contributed by atoms with E-state index in [4.69, 9.17) is 0 Å². The fraction of sp³-hybridized carbons (Fsp3) is 0.467. The molecule has 0 aliphatic carbocycles. The van der Waals surface area contributed by atoms with Gasteiger partial charge in [-0.15, -0.1) is 0 Å². The second-order valence-electron chi connectivity index (χ2n) is 5.46. The lowest BCUT2D eigenvalue weighted by Gasteiger charge is -2.22. The number of benzene rings is 1. The number of amides is 2. The standard InChI is InChI=1S/C15H16F4N2O3/c16-11-6-10(4-5-12(11)24-8-15(17,18)19)21-14(23)7-9-2-1-3-13(22)20-9/h4-6,9H,1-3,7-8H2,(H,20,22)(H,21,23). The van der Waals surface area contributed by atoms with Crippen molar-refractivity contribution in [2.75, 3.05) is 11.9 Å². The lowest BCUT2D eigenvalue weighted by Crippen LogP contribution is -2.40. The van der Waals surface area contributed by atoms with Gasteiger partial charge in [-0.3, -0.25) is 9.59 Å². The molecule has 24 heavy (non-hydrogen) atoms. The maximum Gasteiger partial charge on any atom is 0.422 e. The second-order valence-corrected chi connectivity index (χ2v) is 5.46. The van der Waals surface area contributed by atoms with Crippen molar-refractivity contribution in [1.29, 1.82) is 0 Å². The Kier molecular flexibility index (Phi) is 5.63. The summed E-state index contributed by atoms with van der Waals surface area (Å²) in [5, 5.41) is 5.12. The van der Waals surface area contributed by atoms with Gasteiger partial charge in [0.15, 0.2) is 18.2 Å². The van der Waals surface area contributed by atoms with Crippen molar-refractivity contribution in [3.63, 3.8) is 0 Å². The fourth-order valence-corrected chi connectivity index (χ4v) is 2.33. The number of piperidine rings is 1. The molecule has 1 atom stereocenters. The quantitative estimate of drug-likeness (QED) is 0.804. The monoisotopic (exact) mass is 348 g/mol. The van der Waals surface area contributed by atoms with Gasteiger partial charge in [-0.1, -0.05) is 0 Å². The number of ether oxygens (including phenoxy) is 1. The zero-order valence-corrected chi connectivity index (χ0v) is 12.6. The molecule has 0 aromatic heterocycles. The van der Waals surface area contributed by atoms with Gasteiger partial charge in [0.1, 0.15) is 0 Å². The summed E-state index contributed by atoms with van der Waals surface area (Å²) in [7, 11) is 0. The third-order valence-corrected chi connectivity index (χ3v) is 3.36. The van der Waals surface area contributed by atoms with Gasteiger partial charge >= 0.3 is 6.18 Å². The minimum absolute atomic E-state index is 0.0414. The van der Waals surface area contributed by atoms with Gasteiger partial charge in [0.25, 0.3) is 0 Å². The molecule has 1 saturated heterocycles. The SMILES string of the molecule is O=C(CC1CCCC(=O)N1)Nc1ccc(OCC(F)(F)F)c(F)c1. The average Bonchev–Trinajstić information content (AvgIpc) is 2.45. The predicted octanol–water partition coefficient (Wildman–Crippen LogP) is 2.76. The first-order valence-corrected chi connectivity index (χ1v) is 7.31. The summed E-state index contributed by atoms with van der Waals surface area (Å²) in [5.41, 5.74) is 0.0963. The van der Waals surface area contributed by atoms with E-state index in [0.717, 1.165) is 12.1 Å². The molecule has 2 N–H and O–H groups in total. The van der Waals surface area contributed by atoms with Gasteiger partial charge in [0, 0.05) is 30.6 Å². The van der Waals surface area contributed by atoms with Gasteiger partial charge in [0.2, 0.25) is 11.8 Å². The van der Waals surface area contributed by atoms with Crippen LogP contribution in [0, 0.1) is 5.82 Å². The molecular formula is C15H16F4N2O3. The van der Waals surface area contributed by atoms with Gasteiger partial charge in [-0.05, 0) is 25.0 Å². The van der Waals surface area contributed by atoms with E-state index < -0.39 is 30.3 Å². The first-order valence-electron chi connectivity index (χ1n) is 7.31. The van der Waals surface area contributed by atoms with Crippen LogP contribution in [0.15, 0.2) is 18.2 Å². The highest BCUT2D eigenvalue weighted by Gasteiger charge is 2.29. The summed E-state index contributed by atoms with van der Waals surface area (Å²) in [6.07, 6.45) is -2.71. The highest BCUT2D eigenvalue weighted by Crippen LogP contribution is 2.24. The number of halogens is 4. The Labute approximate surface area is 135 Å². The van der Waals surface area contributed by atoms with Crippen molar-refractivity contribution < 1.29 is 31.9 Å². The molecule has 5 nitrogen and oxygen atoms in total. The van der Waals surface area contributed by atoms with E-state index in [1.165, 1.54) is 6.07 Å². The lowest BCUT2D eigenvalue weighted by atomic mass is 10.0. The highest BCUT2D eigenvalue weighted by molar-refractivity contribution is 5.91. The minimum atomic E-state index is -4.57. The van der Waals surface area contributed by atoms with Gasteiger partial charge in [0.05, 0.1) is 0 Å². The molecule has 9 heteroatoms. The van der Waals surface area contributed by atoms with Crippen LogP contribution < -0.4 is 15.4 Å². The van der Waals surface area contributed by atoms with Crippen LogP contribution in [0.4, 0.5) is 23.2 Å². The fourth-order valence-electron chi connectivity index (χ4n) is 2.33. The molecule has 1 unspecified atom stereocenters. The third kappa shape index (κ3) is 5.71. The molecule has 1 fully saturated rings. The smallest absolute Gasteiger partial charge is 0.422 e. The van der Waals surface area contributed by atoms with Crippen molar-refractivity contribution in [1.82, 2.24) is 5.32 Å². The van der Waals surface area contributed by atoms with Crippen LogP contribution in [0.3, 0.4) is 0 Å². The third-order valence-electron chi connectivity index (χ3n) is 3.36. The number of carbonyl (C=O) groups is 2. The Morgan fingerprint density at radius 1 is 1.38 bits per heavy atom. The second kappa shape index (κ2) is 7.50. The molecule has 2 amide bonds. The Balaban J connectivity index is 1.89. The molecule has 1 aromatic carbocycles. The van der Waals surface area contributed by atoms with Crippen LogP contribution in [-0.4, -0.2) is 30.6 Å². The molecule has 2 rings (SSSR count). The molecular weight excluding hydrogens is 332 g/mol. The largest absolute Gasteiger partial charge is 0.481 e. The molecule has 1 heterocycles. The summed E-state index contributed by atoms with van der Waals surface area (Å²) < 4.78 is 54.1. The normalized spacial score (nSPS) is 18.0. The zero-order valence-electron chi connectivity index (χ0n) is 12.6. The number of hydrogen-bond acceptors (Lipinski definition) is 3. The number of alkyl halides is 3. The van der Waals surface area contributed by atoms with Gasteiger partial charge in [-0.2, -0.15) is 13.2 Å². The highest BCUT2D eigenvalue weighted by atomic mass is 19.4. The lowest BCUT2D eigenvalue weighted by molar-refractivity contribution is -0.153. The van der Waals surface area contributed by atoms with E-state index in [0.29, 0.717) is 19.3 Å². The van der Waals surface area contributed by atoms with E-state index in [2.05, 4.69) is 15.4 Å². The van der Waals surface area contributed by atoms with Gasteiger partial charge < -0.3 is 15.4 Å².